The van der Waals surface area contributed by atoms with Crippen LogP contribution in [0.5, 0.6) is 0 Å². The number of amides is 3. The molecule has 1 heterocycles. The number of sulfone groups is 1. The van der Waals surface area contributed by atoms with E-state index >= 15 is 0 Å². The van der Waals surface area contributed by atoms with E-state index < -0.39 is 27.6 Å². The first kappa shape index (κ1) is 20.3. The molecule has 2 aromatic carbocycles. The molecule has 8 heteroatoms. The van der Waals surface area contributed by atoms with Crippen molar-refractivity contribution in [3.8, 4) is 0 Å². The summed E-state index contributed by atoms with van der Waals surface area (Å²) in [4.78, 5) is 38.4. The number of nitrogens with one attached hydrogen (secondary N) is 1. The van der Waals surface area contributed by atoms with Gasteiger partial charge in [-0.3, -0.25) is 19.3 Å². The summed E-state index contributed by atoms with van der Waals surface area (Å²) < 4.78 is 25.5. The summed E-state index contributed by atoms with van der Waals surface area (Å²) in [6, 6.07) is 12.8. The molecule has 1 N–H and O–H groups in total. The maximum atomic E-state index is 12.8. The van der Waals surface area contributed by atoms with Crippen molar-refractivity contribution < 1.29 is 22.8 Å². The predicted octanol–water partition coefficient (Wildman–Crippen LogP) is 3.03. The highest BCUT2D eigenvalue weighted by Gasteiger charge is 2.35. The zero-order valence-electron chi connectivity index (χ0n) is 16.3. The lowest BCUT2D eigenvalue weighted by molar-refractivity contribution is -0.116. The Morgan fingerprint density at radius 1 is 0.967 bits per heavy atom. The number of rotatable bonds is 6. The number of nitrogens with zero attached hydrogens (tertiary/aromatic N) is 1. The SMILES string of the molecule is O=C(CCN1C(=O)c2ccccc2C1=O)Nc1cccc(S(=O)(=O)C2CCCC2)c1. The van der Waals surface area contributed by atoms with Crippen LogP contribution >= 0.6 is 0 Å². The first-order valence-corrected chi connectivity index (χ1v) is 11.5. The molecule has 0 atom stereocenters. The molecule has 0 unspecified atom stereocenters. The number of benzene rings is 2. The van der Waals surface area contributed by atoms with Gasteiger partial charge in [-0.2, -0.15) is 0 Å². The molecule has 1 saturated carbocycles. The van der Waals surface area contributed by atoms with Gasteiger partial charge in [-0.05, 0) is 43.2 Å². The highest BCUT2D eigenvalue weighted by molar-refractivity contribution is 7.92. The Morgan fingerprint density at radius 2 is 1.60 bits per heavy atom. The molecule has 30 heavy (non-hydrogen) atoms. The summed E-state index contributed by atoms with van der Waals surface area (Å²) in [5.41, 5.74) is 1.06. The van der Waals surface area contributed by atoms with Crippen molar-refractivity contribution in [2.24, 2.45) is 0 Å². The fraction of sp³-hybridized carbons (Fsp3) is 0.318. The Bertz CT molecular complexity index is 1080. The van der Waals surface area contributed by atoms with Crippen molar-refractivity contribution in [1.82, 2.24) is 4.90 Å². The monoisotopic (exact) mass is 426 g/mol. The Balaban J connectivity index is 1.39. The zero-order chi connectivity index (χ0) is 21.3. The summed E-state index contributed by atoms with van der Waals surface area (Å²) in [6.07, 6.45) is 3.08. The minimum atomic E-state index is -3.42. The fourth-order valence-corrected chi connectivity index (χ4v) is 5.92. The lowest BCUT2D eigenvalue weighted by Gasteiger charge is -2.14. The van der Waals surface area contributed by atoms with Crippen LogP contribution in [0.25, 0.3) is 0 Å². The van der Waals surface area contributed by atoms with Gasteiger partial charge in [0.25, 0.3) is 11.8 Å². The molecule has 1 aliphatic heterocycles. The van der Waals surface area contributed by atoms with Crippen LogP contribution in [-0.2, 0) is 14.6 Å². The predicted molar refractivity (Wildman–Crippen MR) is 111 cm³/mol. The molecule has 1 fully saturated rings. The lowest BCUT2D eigenvalue weighted by Crippen LogP contribution is -2.32. The molecule has 0 aromatic heterocycles. The normalized spacial score (nSPS) is 16.7. The average Bonchev–Trinajstić information content (AvgIpc) is 3.36. The van der Waals surface area contributed by atoms with Crippen LogP contribution in [0.2, 0.25) is 0 Å². The molecule has 7 nitrogen and oxygen atoms in total. The minimum absolute atomic E-state index is 0.0434. The van der Waals surface area contributed by atoms with Gasteiger partial charge in [-0.15, -0.1) is 0 Å². The van der Waals surface area contributed by atoms with Crippen LogP contribution in [0.3, 0.4) is 0 Å². The summed E-state index contributed by atoms with van der Waals surface area (Å²) >= 11 is 0. The third kappa shape index (κ3) is 3.75. The summed E-state index contributed by atoms with van der Waals surface area (Å²) in [5, 5.41) is 2.30. The van der Waals surface area contributed by atoms with E-state index in [1.165, 1.54) is 6.07 Å². The summed E-state index contributed by atoms with van der Waals surface area (Å²) in [5.74, 6) is -1.22. The van der Waals surface area contributed by atoms with Crippen LogP contribution < -0.4 is 5.32 Å². The topological polar surface area (TPSA) is 101 Å². The first-order chi connectivity index (χ1) is 14.4. The Hall–Kier alpha value is -3.00. The third-order valence-electron chi connectivity index (χ3n) is 5.63. The minimum Gasteiger partial charge on any atom is -0.326 e. The van der Waals surface area contributed by atoms with Crippen LogP contribution in [0.15, 0.2) is 53.4 Å². The van der Waals surface area contributed by atoms with Gasteiger partial charge in [0.15, 0.2) is 9.84 Å². The quantitative estimate of drug-likeness (QED) is 0.716. The highest BCUT2D eigenvalue weighted by atomic mass is 32.2. The van der Waals surface area contributed by atoms with Crippen molar-refractivity contribution in [3.05, 3.63) is 59.7 Å². The molecule has 0 bridgehead atoms. The second-order valence-corrected chi connectivity index (χ2v) is 9.81. The van der Waals surface area contributed by atoms with E-state index in [4.69, 9.17) is 0 Å². The highest BCUT2D eigenvalue weighted by Crippen LogP contribution is 2.30. The van der Waals surface area contributed by atoms with E-state index in [0.717, 1.165) is 17.7 Å². The smallest absolute Gasteiger partial charge is 0.261 e. The Labute approximate surface area is 175 Å². The molecular formula is C22H22N2O5S. The maximum absolute atomic E-state index is 12.8. The van der Waals surface area contributed by atoms with Crippen molar-refractivity contribution in [1.29, 1.82) is 0 Å². The molecule has 2 aromatic rings. The molecule has 4 rings (SSSR count). The molecule has 2 aliphatic rings. The number of hydrogen-bond donors (Lipinski definition) is 1. The number of fused-ring (bicyclic) bond motifs is 1. The van der Waals surface area contributed by atoms with Crippen molar-refractivity contribution in [2.45, 2.75) is 42.2 Å². The largest absolute Gasteiger partial charge is 0.326 e. The molecule has 0 radical (unpaired) electrons. The van der Waals surface area contributed by atoms with Gasteiger partial charge in [0.2, 0.25) is 5.91 Å². The van der Waals surface area contributed by atoms with Crippen molar-refractivity contribution in [2.75, 3.05) is 11.9 Å². The van der Waals surface area contributed by atoms with E-state index in [0.29, 0.717) is 29.7 Å². The second-order valence-electron chi connectivity index (χ2n) is 7.59. The lowest BCUT2D eigenvalue weighted by atomic mass is 10.1. The standard InChI is InChI=1S/C22H22N2O5S/c25-20(12-13-24-21(26)18-10-3-4-11-19(18)22(24)27)23-15-6-5-9-17(14-15)30(28,29)16-7-1-2-8-16/h3-6,9-11,14,16H,1-2,7-8,12-13H2,(H,23,25). The van der Waals surface area contributed by atoms with Gasteiger partial charge < -0.3 is 5.32 Å². The Kier molecular flexibility index (Phi) is 5.42. The van der Waals surface area contributed by atoms with E-state index in [1.54, 1.807) is 42.5 Å². The van der Waals surface area contributed by atoms with E-state index in [-0.39, 0.29) is 23.1 Å². The van der Waals surface area contributed by atoms with Gasteiger partial charge in [0.05, 0.1) is 21.3 Å². The van der Waals surface area contributed by atoms with E-state index in [9.17, 15) is 22.8 Å². The fourth-order valence-electron chi connectivity index (χ4n) is 4.02. The van der Waals surface area contributed by atoms with Crippen LogP contribution in [-0.4, -0.2) is 42.8 Å². The first-order valence-electron chi connectivity index (χ1n) is 9.97. The number of carbonyl (C=O) groups is 3. The van der Waals surface area contributed by atoms with Gasteiger partial charge in [0.1, 0.15) is 0 Å². The van der Waals surface area contributed by atoms with Crippen LogP contribution in [0.1, 0.15) is 52.8 Å². The van der Waals surface area contributed by atoms with Crippen LogP contribution in [0, 0.1) is 0 Å². The molecule has 0 spiro atoms. The number of anilines is 1. The van der Waals surface area contributed by atoms with E-state index in [1.807, 2.05) is 0 Å². The molecule has 3 amide bonds. The summed E-state index contributed by atoms with van der Waals surface area (Å²) in [7, 11) is -3.42. The van der Waals surface area contributed by atoms with Crippen molar-refractivity contribution >= 4 is 33.2 Å². The average molecular weight is 426 g/mol. The van der Waals surface area contributed by atoms with E-state index in [2.05, 4.69) is 5.32 Å². The molecular weight excluding hydrogens is 404 g/mol. The summed E-state index contributed by atoms with van der Waals surface area (Å²) in [6.45, 7) is -0.0434. The second kappa shape index (κ2) is 8.02. The molecule has 156 valence electrons. The van der Waals surface area contributed by atoms with Gasteiger partial charge >= 0.3 is 0 Å². The number of imide groups is 1. The van der Waals surface area contributed by atoms with Gasteiger partial charge in [-0.25, -0.2) is 8.42 Å². The number of hydrogen-bond acceptors (Lipinski definition) is 5. The zero-order valence-corrected chi connectivity index (χ0v) is 17.2. The van der Waals surface area contributed by atoms with Crippen molar-refractivity contribution in [3.63, 3.8) is 0 Å². The molecule has 1 aliphatic carbocycles. The number of carbonyl (C=O) groups excluding carboxylic acids is 3. The van der Waals surface area contributed by atoms with Crippen LogP contribution in [0.4, 0.5) is 5.69 Å². The Morgan fingerprint density at radius 3 is 2.23 bits per heavy atom. The van der Waals surface area contributed by atoms with Gasteiger partial charge in [-0.1, -0.05) is 31.0 Å². The van der Waals surface area contributed by atoms with Gasteiger partial charge in [0, 0.05) is 18.7 Å². The molecule has 0 saturated heterocycles. The third-order valence-corrected chi connectivity index (χ3v) is 7.89. The maximum Gasteiger partial charge on any atom is 0.261 e.